The highest BCUT2D eigenvalue weighted by atomic mass is 16.6. The number of nitrogens with zero attached hydrogens (tertiary/aromatic N) is 1. The molecule has 1 amide bonds. The molecule has 0 aromatic heterocycles. The molecule has 0 saturated carbocycles. The van der Waals surface area contributed by atoms with Crippen LogP contribution < -0.4 is 11.5 Å². The topological polar surface area (TPSA) is 81.6 Å². The van der Waals surface area contributed by atoms with Gasteiger partial charge in [-0.1, -0.05) is 0 Å². The molecule has 0 aliphatic carbocycles. The van der Waals surface area contributed by atoms with Crippen molar-refractivity contribution in [2.75, 3.05) is 19.6 Å². The Balaban J connectivity index is 2.44. The van der Waals surface area contributed by atoms with E-state index in [0.717, 1.165) is 19.3 Å². The highest BCUT2D eigenvalue weighted by molar-refractivity contribution is 5.68. The minimum absolute atomic E-state index is 0.201. The molecule has 5 heteroatoms. The fourth-order valence-electron chi connectivity index (χ4n) is 2.00. The Morgan fingerprint density at radius 2 is 1.88 bits per heavy atom. The van der Waals surface area contributed by atoms with Crippen LogP contribution in [0.5, 0.6) is 0 Å². The SMILES string of the molecule is CC(C)(C)OC(=O)N1CCC(N)(CCN)CC1. The quantitative estimate of drug-likeness (QED) is 0.760. The lowest BCUT2D eigenvalue weighted by atomic mass is 9.86. The Hall–Kier alpha value is -0.810. The Bertz CT molecular complexity index is 265. The number of carbonyl (C=O) groups excluding carboxylic acids is 1. The molecular formula is C12H25N3O2. The summed E-state index contributed by atoms with van der Waals surface area (Å²) in [5.41, 5.74) is 11.1. The minimum Gasteiger partial charge on any atom is -0.444 e. The van der Waals surface area contributed by atoms with Crippen molar-refractivity contribution in [1.29, 1.82) is 0 Å². The van der Waals surface area contributed by atoms with Gasteiger partial charge in [0.25, 0.3) is 0 Å². The zero-order valence-electron chi connectivity index (χ0n) is 11.2. The molecular weight excluding hydrogens is 218 g/mol. The van der Waals surface area contributed by atoms with Gasteiger partial charge in [-0.2, -0.15) is 0 Å². The van der Waals surface area contributed by atoms with E-state index in [4.69, 9.17) is 16.2 Å². The molecule has 0 aromatic carbocycles. The zero-order valence-corrected chi connectivity index (χ0v) is 11.2. The maximum atomic E-state index is 11.8. The largest absolute Gasteiger partial charge is 0.444 e. The van der Waals surface area contributed by atoms with Crippen molar-refractivity contribution in [1.82, 2.24) is 4.90 Å². The predicted molar refractivity (Wildman–Crippen MR) is 67.6 cm³/mol. The zero-order chi connectivity index (χ0) is 13.1. The molecule has 17 heavy (non-hydrogen) atoms. The highest BCUT2D eigenvalue weighted by Crippen LogP contribution is 2.23. The lowest BCUT2D eigenvalue weighted by Crippen LogP contribution is -2.53. The smallest absolute Gasteiger partial charge is 0.410 e. The van der Waals surface area contributed by atoms with Crippen molar-refractivity contribution in [2.45, 2.75) is 51.2 Å². The van der Waals surface area contributed by atoms with E-state index in [-0.39, 0.29) is 11.6 Å². The van der Waals surface area contributed by atoms with Crippen LogP contribution in [0.1, 0.15) is 40.0 Å². The van der Waals surface area contributed by atoms with Gasteiger partial charge in [0.05, 0.1) is 0 Å². The van der Waals surface area contributed by atoms with Gasteiger partial charge in [-0.15, -0.1) is 0 Å². The molecule has 1 heterocycles. The molecule has 1 aliphatic heterocycles. The second-order valence-electron chi connectivity index (χ2n) is 5.87. The van der Waals surface area contributed by atoms with E-state index in [1.54, 1.807) is 4.90 Å². The van der Waals surface area contributed by atoms with Crippen LogP contribution in [0, 0.1) is 0 Å². The molecule has 0 atom stereocenters. The van der Waals surface area contributed by atoms with Crippen LogP contribution in [-0.4, -0.2) is 41.8 Å². The number of rotatable bonds is 2. The van der Waals surface area contributed by atoms with Gasteiger partial charge in [0.15, 0.2) is 0 Å². The summed E-state index contributed by atoms with van der Waals surface area (Å²) >= 11 is 0. The van der Waals surface area contributed by atoms with Crippen LogP contribution in [0.25, 0.3) is 0 Å². The Morgan fingerprint density at radius 3 is 2.29 bits per heavy atom. The van der Waals surface area contributed by atoms with Gasteiger partial charge in [-0.25, -0.2) is 4.79 Å². The molecule has 4 N–H and O–H groups in total. The number of ether oxygens (including phenoxy) is 1. The van der Waals surface area contributed by atoms with E-state index in [0.29, 0.717) is 19.6 Å². The third-order valence-electron chi connectivity index (χ3n) is 3.05. The van der Waals surface area contributed by atoms with E-state index in [1.165, 1.54) is 0 Å². The first-order valence-corrected chi connectivity index (χ1v) is 6.23. The molecule has 100 valence electrons. The third kappa shape index (κ3) is 4.52. The average Bonchev–Trinajstić information content (AvgIpc) is 2.15. The van der Waals surface area contributed by atoms with Crippen LogP contribution in [0.4, 0.5) is 4.79 Å². The standard InChI is InChI=1S/C12H25N3O2/c1-11(2,3)17-10(16)15-8-5-12(14,4-7-13)6-9-15/h4-9,13-14H2,1-3H3. The van der Waals surface area contributed by atoms with Gasteiger partial charge in [0.2, 0.25) is 0 Å². The summed E-state index contributed by atoms with van der Waals surface area (Å²) in [7, 11) is 0. The summed E-state index contributed by atoms with van der Waals surface area (Å²) in [6.45, 7) is 7.53. The molecule has 0 spiro atoms. The number of likely N-dealkylation sites (tertiary alicyclic amines) is 1. The molecule has 0 aromatic rings. The normalized spacial score (nSPS) is 20.2. The molecule has 1 aliphatic rings. The van der Waals surface area contributed by atoms with Crippen molar-refractivity contribution in [3.63, 3.8) is 0 Å². The molecule has 0 bridgehead atoms. The Morgan fingerprint density at radius 1 is 1.35 bits per heavy atom. The van der Waals surface area contributed by atoms with E-state index >= 15 is 0 Å². The number of piperidine rings is 1. The number of carbonyl (C=O) groups is 1. The van der Waals surface area contributed by atoms with E-state index in [9.17, 15) is 4.79 Å². The lowest BCUT2D eigenvalue weighted by Gasteiger charge is -2.39. The first kappa shape index (κ1) is 14.3. The van der Waals surface area contributed by atoms with Gasteiger partial charge in [0, 0.05) is 18.6 Å². The molecule has 1 rings (SSSR count). The summed E-state index contributed by atoms with van der Waals surface area (Å²) in [5.74, 6) is 0. The molecule has 1 saturated heterocycles. The van der Waals surface area contributed by atoms with Gasteiger partial charge in [-0.3, -0.25) is 0 Å². The summed E-state index contributed by atoms with van der Waals surface area (Å²) < 4.78 is 5.33. The van der Waals surface area contributed by atoms with Crippen molar-refractivity contribution in [3.8, 4) is 0 Å². The maximum Gasteiger partial charge on any atom is 0.410 e. The van der Waals surface area contributed by atoms with Crippen LogP contribution in [-0.2, 0) is 4.74 Å². The van der Waals surface area contributed by atoms with Crippen LogP contribution in [0.15, 0.2) is 0 Å². The number of nitrogens with two attached hydrogens (primary N) is 2. The average molecular weight is 243 g/mol. The highest BCUT2D eigenvalue weighted by Gasteiger charge is 2.33. The number of amides is 1. The lowest BCUT2D eigenvalue weighted by molar-refractivity contribution is 0.0166. The van der Waals surface area contributed by atoms with Gasteiger partial charge >= 0.3 is 6.09 Å². The predicted octanol–water partition coefficient (Wildman–Crippen LogP) is 1.06. The molecule has 0 unspecified atom stereocenters. The van der Waals surface area contributed by atoms with Gasteiger partial charge < -0.3 is 21.1 Å². The second kappa shape index (κ2) is 5.23. The Kier molecular flexibility index (Phi) is 4.38. The summed E-state index contributed by atoms with van der Waals surface area (Å²) in [6.07, 6.45) is 2.16. The summed E-state index contributed by atoms with van der Waals surface area (Å²) in [6, 6.07) is 0. The van der Waals surface area contributed by atoms with Crippen molar-refractivity contribution < 1.29 is 9.53 Å². The van der Waals surface area contributed by atoms with Gasteiger partial charge in [0.1, 0.15) is 5.60 Å². The van der Waals surface area contributed by atoms with E-state index < -0.39 is 5.60 Å². The molecule has 0 radical (unpaired) electrons. The maximum absolute atomic E-state index is 11.8. The summed E-state index contributed by atoms with van der Waals surface area (Å²) in [5, 5.41) is 0. The van der Waals surface area contributed by atoms with Crippen LogP contribution >= 0.6 is 0 Å². The molecule has 1 fully saturated rings. The van der Waals surface area contributed by atoms with Crippen molar-refractivity contribution >= 4 is 6.09 Å². The van der Waals surface area contributed by atoms with Gasteiger partial charge in [-0.05, 0) is 46.6 Å². The van der Waals surface area contributed by atoms with E-state index in [1.807, 2.05) is 20.8 Å². The number of hydrogen-bond donors (Lipinski definition) is 2. The first-order valence-electron chi connectivity index (χ1n) is 6.23. The third-order valence-corrected chi connectivity index (χ3v) is 3.05. The van der Waals surface area contributed by atoms with Crippen LogP contribution in [0.3, 0.4) is 0 Å². The fourth-order valence-corrected chi connectivity index (χ4v) is 2.00. The number of hydrogen-bond acceptors (Lipinski definition) is 4. The molecule has 5 nitrogen and oxygen atoms in total. The van der Waals surface area contributed by atoms with Crippen molar-refractivity contribution in [3.05, 3.63) is 0 Å². The minimum atomic E-state index is -0.439. The van der Waals surface area contributed by atoms with E-state index in [2.05, 4.69) is 0 Å². The fraction of sp³-hybridized carbons (Fsp3) is 0.917. The monoisotopic (exact) mass is 243 g/mol. The summed E-state index contributed by atoms with van der Waals surface area (Å²) in [4.78, 5) is 13.5. The Labute approximate surface area is 103 Å². The second-order valence-corrected chi connectivity index (χ2v) is 5.87. The van der Waals surface area contributed by atoms with Crippen LogP contribution in [0.2, 0.25) is 0 Å². The first-order chi connectivity index (χ1) is 7.76. The van der Waals surface area contributed by atoms with Crippen molar-refractivity contribution in [2.24, 2.45) is 11.5 Å².